The average molecular weight is 3630 g/mol. The molecule has 15 heteroatoms. The summed E-state index contributed by atoms with van der Waals surface area (Å²) in [5.41, 5.74) is 0. The van der Waals surface area contributed by atoms with Crippen molar-refractivity contribution in [3.63, 3.8) is 0 Å². The van der Waals surface area contributed by atoms with Crippen molar-refractivity contribution in [3.05, 3.63) is 0 Å². The molecule has 0 heterocycles. The van der Waals surface area contributed by atoms with Crippen LogP contribution in [-0.4, -0.2) is 0 Å². The van der Waals surface area contributed by atoms with Gasteiger partial charge in [0.15, 0.2) is 0 Å². The molecular weight excluding hydrogens is 3620 g/mol. The molecule has 0 aliphatic carbocycles. The Bertz CT molecular complexity index is 14.1. The largest absolute Gasteiger partial charge is 0.0683 e. The topological polar surface area (TPSA) is 0 Å². The van der Waals surface area contributed by atoms with Gasteiger partial charge in [0.1, 0.15) is 0 Å². The molecule has 0 N–H and O–H groups in total. The van der Waals surface area contributed by atoms with Gasteiger partial charge >= 0.3 is 0 Å². The van der Waals surface area contributed by atoms with E-state index in [-0.39, 0.29) is 467 Å². The van der Waals surface area contributed by atoms with Gasteiger partial charge < -0.3 is 0 Å². The molecule has 0 bridgehead atoms. The van der Waals surface area contributed by atoms with E-state index in [0.29, 0.717) is 0 Å². The smallest absolute Gasteiger partial charge is 0 e. The average Bonchev–Trinajstić information content (AvgIpc) is 1.50. The minimum atomic E-state index is 0. The molecule has 0 aliphatic heterocycles. The summed E-state index contributed by atoms with van der Waals surface area (Å²) in [5.74, 6) is 0. The molecule has 0 spiro atoms. The van der Waals surface area contributed by atoms with Crippen molar-refractivity contribution in [1.82, 2.24) is 0 Å². The van der Waals surface area contributed by atoms with Gasteiger partial charge in [0, 0.05) is 467 Å². The number of hydrogen-bond donors (Lipinski definition) is 0. The maximum Gasteiger partial charge on any atom is 0 e. The van der Waals surface area contributed by atoms with Crippen LogP contribution in [0.3, 0.4) is 0 Å². The van der Waals surface area contributed by atoms with Gasteiger partial charge in [-0.15, -0.1) is 0 Å². The van der Waals surface area contributed by atoms with Crippen LogP contribution in [0.25, 0.3) is 0 Å². The zero-order valence-electron chi connectivity index (χ0n) is 11.5. The molecule has 0 aromatic carbocycles. The van der Waals surface area contributed by atoms with E-state index in [1.54, 1.807) is 0 Å². The molecule has 0 saturated carbocycles. The molecule has 0 aromatic heterocycles. The van der Waals surface area contributed by atoms with Crippen molar-refractivity contribution in [2.75, 3.05) is 0 Å². The predicted molar refractivity (Wildman–Crippen MR) is 22.7 cm³/mol. The molecule has 0 aliphatic rings. The summed E-state index contributed by atoms with van der Waals surface area (Å²) in [6, 6.07) is 0. The van der Waals surface area contributed by atoms with Gasteiger partial charge in [-0.2, -0.15) is 0 Å². The summed E-state index contributed by atoms with van der Waals surface area (Å²) in [5, 5.41) is 0. The van der Waals surface area contributed by atoms with Crippen LogP contribution in [0.15, 0.2) is 0 Å². The van der Waals surface area contributed by atoms with Gasteiger partial charge in [-0.05, 0) is 0 Å². The zero-order valence-corrected chi connectivity index (χ0v) is 74.0. The van der Waals surface area contributed by atoms with Crippen molar-refractivity contribution < 1.29 is 467 Å². The normalized spacial score (nSPS) is 0.632. The van der Waals surface area contributed by atoms with Gasteiger partial charge in [0.05, 0.1) is 0 Å². The van der Waals surface area contributed by atoms with Crippen molar-refractivity contribution in [2.45, 2.75) is 27.7 Å². The van der Waals surface area contributed by atoms with Crippen LogP contribution in [0.5, 0.6) is 0 Å². The molecule has 0 nitrogen and oxygen atoms in total. The van der Waals surface area contributed by atoms with E-state index < -0.39 is 0 Å². The van der Waals surface area contributed by atoms with Crippen molar-refractivity contribution in [2.24, 2.45) is 0 Å². The standard InChI is InChI=1S/2C2H6.15U/c2*1-2;;;;;;;;;;;;;;;/h2*1-2H3;;;;;;;;;;;;;;;. The van der Waals surface area contributed by atoms with Gasteiger partial charge in [-0.1, -0.05) is 27.7 Å². The SMILES string of the molecule is CC.CC.[U].[U].[U].[U].[U].[U].[U].[U].[U].[U].[U].[U].[U].[U].[U]. The van der Waals surface area contributed by atoms with Crippen LogP contribution in [0, 0.1) is 467 Å². The Kier molecular flexibility index (Phi) is 963. The van der Waals surface area contributed by atoms with Gasteiger partial charge in [-0.25, -0.2) is 0 Å². The summed E-state index contributed by atoms with van der Waals surface area (Å²) in [4.78, 5) is 0. The Balaban J connectivity index is -0.000000000157. The third-order valence-electron chi connectivity index (χ3n) is 0. The fraction of sp³-hybridized carbons (Fsp3) is 1.00. The molecule has 0 radical (unpaired) electrons. The van der Waals surface area contributed by atoms with Gasteiger partial charge in [0.2, 0.25) is 0 Å². The first-order valence-electron chi connectivity index (χ1n) is 2.00. The maximum atomic E-state index is 2.00. The van der Waals surface area contributed by atoms with Gasteiger partial charge in [0.25, 0.3) is 0 Å². The summed E-state index contributed by atoms with van der Waals surface area (Å²) in [6.07, 6.45) is 0. The molecule has 19 heavy (non-hydrogen) atoms. The van der Waals surface area contributed by atoms with Crippen molar-refractivity contribution in [1.29, 1.82) is 0 Å². The molecule has 0 amide bonds. The monoisotopic (exact) mass is 3630 g/mol. The summed E-state index contributed by atoms with van der Waals surface area (Å²) >= 11 is 0. The van der Waals surface area contributed by atoms with Crippen LogP contribution < -0.4 is 0 Å². The summed E-state index contributed by atoms with van der Waals surface area (Å²) < 4.78 is 0. The summed E-state index contributed by atoms with van der Waals surface area (Å²) in [7, 11) is 0. The van der Waals surface area contributed by atoms with Crippen LogP contribution in [0.4, 0.5) is 0 Å². The van der Waals surface area contributed by atoms with E-state index >= 15 is 0 Å². The van der Waals surface area contributed by atoms with E-state index in [1.165, 1.54) is 0 Å². The maximum absolute atomic E-state index is 2.00. The Labute approximate surface area is 477 Å². The number of rotatable bonds is 0. The van der Waals surface area contributed by atoms with E-state index in [1.807, 2.05) is 27.7 Å². The van der Waals surface area contributed by atoms with Crippen LogP contribution >= 0.6 is 0 Å². The Morgan fingerprint density at radius 2 is 0.158 bits per heavy atom. The minimum Gasteiger partial charge on any atom is -0.0683 e. The second kappa shape index (κ2) is 146. The Morgan fingerprint density at radius 1 is 0.158 bits per heavy atom. The molecule has 0 unspecified atom stereocenters. The third-order valence-corrected chi connectivity index (χ3v) is 0. The van der Waals surface area contributed by atoms with Crippen LogP contribution in [-0.2, 0) is 0 Å². The predicted octanol–water partition coefficient (Wildman–Crippen LogP) is 2.05. The minimum absolute atomic E-state index is 0. The quantitative estimate of drug-likeness (QED) is 0.349. The molecule has 0 atom stereocenters. The molecule has 88 valence electrons. The van der Waals surface area contributed by atoms with Crippen LogP contribution in [0.2, 0.25) is 0 Å². The van der Waals surface area contributed by atoms with Crippen molar-refractivity contribution >= 4 is 0 Å². The Hall–Kier alpha value is 15.8. The molecule has 0 fully saturated rings. The first-order valence-corrected chi connectivity index (χ1v) is 2.00. The summed E-state index contributed by atoms with van der Waals surface area (Å²) in [6.45, 7) is 8.00. The second-order valence-corrected chi connectivity index (χ2v) is 0. The molecule has 0 rings (SSSR count). The van der Waals surface area contributed by atoms with Crippen LogP contribution in [0.1, 0.15) is 27.7 Å². The Morgan fingerprint density at radius 3 is 0.158 bits per heavy atom. The van der Waals surface area contributed by atoms with Crippen molar-refractivity contribution in [3.8, 4) is 0 Å². The van der Waals surface area contributed by atoms with E-state index in [2.05, 4.69) is 0 Å². The first-order chi connectivity index (χ1) is 2.00. The molecular formula is C4H12U15. The number of hydrogen-bond acceptors (Lipinski definition) is 0. The first kappa shape index (κ1) is 126. The molecule has 0 saturated heterocycles. The van der Waals surface area contributed by atoms with E-state index in [0.717, 1.165) is 0 Å². The van der Waals surface area contributed by atoms with E-state index in [4.69, 9.17) is 0 Å². The second-order valence-electron chi connectivity index (χ2n) is 0. The molecule has 0 aromatic rings. The fourth-order valence-corrected chi connectivity index (χ4v) is 0. The third kappa shape index (κ3) is 137. The fourth-order valence-electron chi connectivity index (χ4n) is 0. The van der Waals surface area contributed by atoms with E-state index in [9.17, 15) is 0 Å². The zero-order chi connectivity index (χ0) is 4.00. The van der Waals surface area contributed by atoms with Gasteiger partial charge in [-0.3, -0.25) is 0 Å².